The average molecular weight is 327 g/mol. The van der Waals surface area contributed by atoms with Crippen molar-refractivity contribution in [3.8, 4) is 0 Å². The number of rotatable bonds is 3. The molecule has 1 aromatic heterocycles. The molecular weight excluding hydrogens is 304 g/mol. The van der Waals surface area contributed by atoms with Gasteiger partial charge in [-0.15, -0.1) is 0 Å². The molecule has 1 heterocycles. The summed E-state index contributed by atoms with van der Waals surface area (Å²) in [6.45, 7) is 0.542. The summed E-state index contributed by atoms with van der Waals surface area (Å²) in [6, 6.07) is 1.95. The second-order valence-corrected chi connectivity index (χ2v) is 6.59. The molecule has 0 spiro atoms. The zero-order chi connectivity index (χ0) is 13.7. The molecule has 3 nitrogen and oxygen atoms in total. The van der Waals surface area contributed by atoms with Gasteiger partial charge in [0, 0.05) is 34.4 Å². The van der Waals surface area contributed by atoms with Gasteiger partial charge in [-0.1, -0.05) is 32.1 Å². The first-order valence-corrected chi connectivity index (χ1v) is 7.96. The lowest BCUT2D eigenvalue weighted by Crippen LogP contribution is -2.37. The highest BCUT2D eigenvalue weighted by molar-refractivity contribution is 9.10. The largest absolute Gasteiger partial charge is 0.388 e. The number of halogens is 1. The zero-order valence-corrected chi connectivity index (χ0v) is 12.9. The molecule has 1 saturated carbocycles. The third-order valence-corrected chi connectivity index (χ3v) is 4.81. The van der Waals surface area contributed by atoms with Gasteiger partial charge < -0.3 is 10.8 Å². The molecular formula is C15H23BrN2O. The van der Waals surface area contributed by atoms with Crippen LogP contribution < -0.4 is 5.73 Å². The molecule has 19 heavy (non-hydrogen) atoms. The predicted molar refractivity (Wildman–Crippen MR) is 80.7 cm³/mol. The van der Waals surface area contributed by atoms with Crippen molar-refractivity contribution in [2.45, 2.75) is 51.0 Å². The summed E-state index contributed by atoms with van der Waals surface area (Å²) in [7, 11) is 0. The Morgan fingerprint density at radius 2 is 1.84 bits per heavy atom. The van der Waals surface area contributed by atoms with Crippen molar-refractivity contribution in [2.75, 3.05) is 6.54 Å². The van der Waals surface area contributed by atoms with Crippen molar-refractivity contribution in [1.82, 2.24) is 4.98 Å². The highest BCUT2D eigenvalue weighted by Gasteiger charge is 2.37. The third kappa shape index (κ3) is 3.56. The molecule has 3 N–H and O–H groups in total. The van der Waals surface area contributed by atoms with Gasteiger partial charge in [0.2, 0.25) is 0 Å². The normalized spacial score (nSPS) is 21.4. The molecule has 1 aliphatic rings. The number of hydrogen-bond acceptors (Lipinski definition) is 3. The number of aliphatic hydroxyl groups is 1. The highest BCUT2D eigenvalue weighted by Crippen LogP contribution is 2.43. The average Bonchev–Trinajstić information content (AvgIpc) is 2.39. The molecule has 0 bridgehead atoms. The van der Waals surface area contributed by atoms with Crippen LogP contribution in [0.15, 0.2) is 22.9 Å². The first kappa shape index (κ1) is 14.9. The smallest absolute Gasteiger partial charge is 0.0873 e. The topological polar surface area (TPSA) is 59.1 Å². The fourth-order valence-corrected chi connectivity index (χ4v) is 3.51. The lowest BCUT2D eigenvalue weighted by atomic mass is 9.70. The Balaban J connectivity index is 2.22. The van der Waals surface area contributed by atoms with Crippen molar-refractivity contribution in [3.05, 3.63) is 28.5 Å². The lowest BCUT2D eigenvalue weighted by Gasteiger charge is -2.38. The summed E-state index contributed by atoms with van der Waals surface area (Å²) >= 11 is 3.42. The molecule has 2 rings (SSSR count). The molecule has 106 valence electrons. The van der Waals surface area contributed by atoms with Crippen molar-refractivity contribution >= 4 is 15.9 Å². The molecule has 4 heteroatoms. The monoisotopic (exact) mass is 326 g/mol. The second kappa shape index (κ2) is 6.82. The summed E-state index contributed by atoms with van der Waals surface area (Å²) in [6.07, 6.45) is 11.2. The van der Waals surface area contributed by atoms with Crippen LogP contribution in [-0.4, -0.2) is 16.6 Å². The summed E-state index contributed by atoms with van der Waals surface area (Å²) in [5.74, 6) is 0. The van der Waals surface area contributed by atoms with Crippen LogP contribution in [0.25, 0.3) is 0 Å². The van der Waals surface area contributed by atoms with Gasteiger partial charge in [0.25, 0.3) is 0 Å². The second-order valence-electron chi connectivity index (χ2n) is 5.67. The molecule has 1 aromatic rings. The molecule has 0 saturated heterocycles. The van der Waals surface area contributed by atoms with Crippen molar-refractivity contribution < 1.29 is 5.11 Å². The molecule has 0 radical (unpaired) electrons. The maximum atomic E-state index is 10.8. The summed E-state index contributed by atoms with van der Waals surface area (Å²) in [5, 5.41) is 10.8. The quantitative estimate of drug-likeness (QED) is 0.892. The molecule has 1 unspecified atom stereocenters. The number of aromatic nitrogens is 1. The van der Waals surface area contributed by atoms with E-state index in [0.717, 1.165) is 35.7 Å². The first-order chi connectivity index (χ1) is 9.18. The van der Waals surface area contributed by atoms with Crippen LogP contribution in [-0.2, 0) is 0 Å². The summed E-state index contributed by atoms with van der Waals surface area (Å²) in [4.78, 5) is 4.16. The van der Waals surface area contributed by atoms with E-state index in [1.54, 1.807) is 12.4 Å². The van der Waals surface area contributed by atoms with Gasteiger partial charge in [-0.2, -0.15) is 0 Å². The van der Waals surface area contributed by atoms with Gasteiger partial charge in [-0.3, -0.25) is 4.98 Å². The Labute approximate surface area is 123 Å². The standard InChI is InChI=1S/C15H23BrN2O/c16-13-8-12(9-18-10-13)14(19)15(11-17)6-4-2-1-3-5-7-15/h8-10,14,19H,1-7,11,17H2. The Kier molecular flexibility index (Phi) is 5.37. The van der Waals surface area contributed by atoms with Crippen LogP contribution in [0.1, 0.15) is 56.6 Å². The number of aliphatic hydroxyl groups excluding tert-OH is 1. The Hall–Kier alpha value is -0.450. The van der Waals surface area contributed by atoms with E-state index in [1.165, 1.54) is 19.3 Å². The van der Waals surface area contributed by atoms with E-state index in [0.29, 0.717) is 6.54 Å². The maximum Gasteiger partial charge on any atom is 0.0873 e. The minimum absolute atomic E-state index is 0.178. The van der Waals surface area contributed by atoms with Crippen molar-refractivity contribution in [2.24, 2.45) is 11.1 Å². The lowest BCUT2D eigenvalue weighted by molar-refractivity contribution is 0.00822. The molecule has 1 fully saturated rings. The van der Waals surface area contributed by atoms with E-state index >= 15 is 0 Å². The molecule has 1 atom stereocenters. The van der Waals surface area contributed by atoms with E-state index in [4.69, 9.17) is 5.73 Å². The number of hydrogen-bond donors (Lipinski definition) is 2. The van der Waals surface area contributed by atoms with Crippen LogP contribution in [0.3, 0.4) is 0 Å². The van der Waals surface area contributed by atoms with Crippen LogP contribution in [0, 0.1) is 5.41 Å². The van der Waals surface area contributed by atoms with Gasteiger partial charge in [0.15, 0.2) is 0 Å². The Bertz CT molecular complexity index is 403. The molecule has 0 aliphatic heterocycles. The van der Waals surface area contributed by atoms with Crippen LogP contribution in [0.2, 0.25) is 0 Å². The minimum Gasteiger partial charge on any atom is -0.388 e. The van der Waals surface area contributed by atoms with Crippen molar-refractivity contribution in [1.29, 1.82) is 0 Å². The third-order valence-electron chi connectivity index (χ3n) is 4.38. The van der Waals surface area contributed by atoms with Crippen LogP contribution in [0.4, 0.5) is 0 Å². The summed E-state index contributed by atoms with van der Waals surface area (Å²) in [5.41, 5.74) is 6.74. The van der Waals surface area contributed by atoms with Gasteiger partial charge >= 0.3 is 0 Å². The minimum atomic E-state index is -0.513. The molecule has 1 aliphatic carbocycles. The fraction of sp³-hybridized carbons (Fsp3) is 0.667. The Morgan fingerprint density at radius 3 is 2.42 bits per heavy atom. The van der Waals surface area contributed by atoms with Gasteiger partial charge in [-0.05, 0) is 34.8 Å². The van der Waals surface area contributed by atoms with Gasteiger partial charge in [0.1, 0.15) is 0 Å². The number of nitrogens with zero attached hydrogens (tertiary/aromatic N) is 1. The van der Waals surface area contributed by atoms with E-state index in [9.17, 15) is 5.11 Å². The van der Waals surface area contributed by atoms with Gasteiger partial charge in [-0.25, -0.2) is 0 Å². The van der Waals surface area contributed by atoms with E-state index < -0.39 is 6.10 Å². The maximum absolute atomic E-state index is 10.8. The first-order valence-electron chi connectivity index (χ1n) is 7.16. The van der Waals surface area contributed by atoms with Crippen LogP contribution >= 0.6 is 15.9 Å². The fourth-order valence-electron chi connectivity index (χ4n) is 3.13. The molecule has 0 amide bonds. The van der Waals surface area contributed by atoms with Gasteiger partial charge in [0.05, 0.1) is 6.10 Å². The number of nitrogens with two attached hydrogens (primary N) is 1. The SMILES string of the molecule is NCC1(C(O)c2cncc(Br)c2)CCCCCCC1. The van der Waals surface area contributed by atoms with E-state index in [2.05, 4.69) is 20.9 Å². The van der Waals surface area contributed by atoms with Crippen molar-refractivity contribution in [3.63, 3.8) is 0 Å². The van der Waals surface area contributed by atoms with E-state index in [-0.39, 0.29) is 5.41 Å². The zero-order valence-electron chi connectivity index (χ0n) is 11.3. The molecule has 0 aromatic carbocycles. The van der Waals surface area contributed by atoms with E-state index in [1.807, 2.05) is 6.07 Å². The predicted octanol–water partition coefficient (Wildman–Crippen LogP) is 3.57. The Morgan fingerprint density at radius 1 is 1.21 bits per heavy atom. The van der Waals surface area contributed by atoms with Crippen LogP contribution in [0.5, 0.6) is 0 Å². The summed E-state index contributed by atoms with van der Waals surface area (Å²) < 4.78 is 0.905. The highest BCUT2D eigenvalue weighted by atomic mass is 79.9. The number of pyridine rings is 1.